The van der Waals surface area contributed by atoms with Gasteiger partial charge < -0.3 is 8.83 Å². The van der Waals surface area contributed by atoms with Gasteiger partial charge in [0.2, 0.25) is 0 Å². The molecule has 4 aromatic rings. The van der Waals surface area contributed by atoms with Crippen LogP contribution in [-0.2, 0) is 9.59 Å². The summed E-state index contributed by atoms with van der Waals surface area (Å²) in [7, 11) is 0. The highest BCUT2D eigenvalue weighted by Crippen LogP contribution is 2.20. The summed E-state index contributed by atoms with van der Waals surface area (Å²) in [6.45, 7) is 0. The van der Waals surface area contributed by atoms with Gasteiger partial charge >= 0.3 is 0 Å². The molecular weight excluding hydrogens is 340 g/mol. The van der Waals surface area contributed by atoms with Crippen molar-refractivity contribution in [2.75, 3.05) is 0 Å². The van der Waals surface area contributed by atoms with Crippen LogP contribution in [0, 0.1) is 0 Å². The van der Waals surface area contributed by atoms with Gasteiger partial charge in [-0.3, -0.25) is 9.59 Å². The number of hydrogen-bond acceptors (Lipinski definition) is 4. The first-order valence-corrected chi connectivity index (χ1v) is 8.56. The highest BCUT2D eigenvalue weighted by Gasteiger charge is 2.06. The number of carbonyl (C=O) groups is 2. The summed E-state index contributed by atoms with van der Waals surface area (Å²) in [5, 5.41) is 1.93. The van der Waals surface area contributed by atoms with E-state index in [0.717, 1.165) is 21.9 Å². The van der Waals surface area contributed by atoms with Gasteiger partial charge in [0.15, 0.2) is 11.6 Å². The molecule has 4 rings (SSSR count). The number of fused-ring (bicyclic) bond motifs is 2. The highest BCUT2D eigenvalue weighted by molar-refractivity contribution is 6.10. The Morgan fingerprint density at radius 2 is 1.15 bits per heavy atom. The molecule has 0 radical (unpaired) electrons. The first-order valence-electron chi connectivity index (χ1n) is 8.56. The molecule has 0 spiro atoms. The third kappa shape index (κ3) is 3.96. The Hall–Kier alpha value is -3.66. The lowest BCUT2D eigenvalue weighted by Gasteiger charge is -1.90. The van der Waals surface area contributed by atoms with E-state index in [-0.39, 0.29) is 18.0 Å². The van der Waals surface area contributed by atoms with Crippen LogP contribution >= 0.6 is 0 Å². The van der Waals surface area contributed by atoms with Gasteiger partial charge in [-0.25, -0.2) is 0 Å². The smallest absolute Gasteiger partial charge is 0.163 e. The molecule has 132 valence electrons. The van der Waals surface area contributed by atoms with Crippen LogP contribution in [0.15, 0.2) is 81.7 Å². The fourth-order valence-electron chi connectivity index (χ4n) is 2.81. The van der Waals surface area contributed by atoms with Crippen molar-refractivity contribution in [2.24, 2.45) is 0 Å². The first kappa shape index (κ1) is 16.8. The van der Waals surface area contributed by atoms with E-state index < -0.39 is 0 Å². The molecular formula is C23H16O4. The third-order valence-electron chi connectivity index (χ3n) is 4.10. The van der Waals surface area contributed by atoms with Crippen molar-refractivity contribution in [1.29, 1.82) is 0 Å². The topological polar surface area (TPSA) is 60.4 Å². The van der Waals surface area contributed by atoms with E-state index in [2.05, 4.69) is 0 Å². The van der Waals surface area contributed by atoms with Gasteiger partial charge in [0.25, 0.3) is 0 Å². The number of hydrogen-bond donors (Lipinski definition) is 0. The molecule has 0 aliphatic rings. The maximum absolute atomic E-state index is 12.0. The summed E-state index contributed by atoms with van der Waals surface area (Å²) in [6, 6.07) is 18.9. The number of ketones is 2. The van der Waals surface area contributed by atoms with Gasteiger partial charge in [-0.2, -0.15) is 0 Å². The average molecular weight is 356 g/mol. The van der Waals surface area contributed by atoms with Crippen LogP contribution in [0.5, 0.6) is 0 Å². The van der Waals surface area contributed by atoms with Gasteiger partial charge in [0, 0.05) is 10.8 Å². The van der Waals surface area contributed by atoms with E-state index in [1.165, 1.54) is 12.2 Å². The minimum absolute atomic E-state index is 0.201. The summed E-state index contributed by atoms with van der Waals surface area (Å²) < 4.78 is 11.2. The molecule has 2 aromatic carbocycles. The predicted molar refractivity (Wildman–Crippen MR) is 105 cm³/mol. The fraction of sp³-hybridized carbons (Fsp3) is 0.0435. The maximum Gasteiger partial charge on any atom is 0.163 e. The van der Waals surface area contributed by atoms with Gasteiger partial charge in [-0.15, -0.1) is 0 Å². The minimum Gasteiger partial charge on any atom is -0.457 e. The number of para-hydroxylation sites is 2. The lowest BCUT2D eigenvalue weighted by Crippen LogP contribution is -2.01. The Bertz CT molecular complexity index is 1030. The van der Waals surface area contributed by atoms with Crippen LogP contribution in [0.4, 0.5) is 0 Å². The molecule has 0 N–H and O–H groups in total. The Kier molecular flexibility index (Phi) is 4.54. The third-order valence-corrected chi connectivity index (χ3v) is 4.10. The van der Waals surface area contributed by atoms with Crippen molar-refractivity contribution in [2.45, 2.75) is 6.42 Å². The van der Waals surface area contributed by atoms with Gasteiger partial charge in [0.05, 0.1) is 6.42 Å². The maximum atomic E-state index is 12.0. The lowest BCUT2D eigenvalue weighted by atomic mass is 10.1. The Balaban J connectivity index is 1.37. The fourth-order valence-corrected chi connectivity index (χ4v) is 2.81. The van der Waals surface area contributed by atoms with E-state index in [1.54, 1.807) is 12.2 Å². The zero-order valence-corrected chi connectivity index (χ0v) is 14.4. The van der Waals surface area contributed by atoms with Crippen molar-refractivity contribution in [1.82, 2.24) is 0 Å². The molecule has 0 aliphatic carbocycles. The summed E-state index contributed by atoms with van der Waals surface area (Å²) in [5.74, 6) is 0.592. The Labute approximate surface area is 155 Å². The van der Waals surface area contributed by atoms with Crippen LogP contribution in [0.2, 0.25) is 0 Å². The van der Waals surface area contributed by atoms with Crippen LogP contribution in [-0.4, -0.2) is 11.6 Å². The van der Waals surface area contributed by atoms with E-state index in [0.29, 0.717) is 11.5 Å². The molecule has 2 aromatic heterocycles. The standard InChI is InChI=1S/C23H16O4/c24-18(9-11-20-13-16-5-1-3-7-22(16)26-20)15-19(25)10-12-21-14-17-6-2-4-8-23(17)27-21/h1-14H,15H2/b11-9+,12-10+. The highest BCUT2D eigenvalue weighted by atomic mass is 16.3. The molecule has 27 heavy (non-hydrogen) atoms. The first-order chi connectivity index (χ1) is 13.2. The summed E-state index contributed by atoms with van der Waals surface area (Å²) in [4.78, 5) is 24.0. The summed E-state index contributed by atoms with van der Waals surface area (Å²) in [6.07, 6.45) is 5.69. The van der Waals surface area contributed by atoms with Crippen molar-refractivity contribution in [3.8, 4) is 0 Å². The molecule has 2 heterocycles. The number of benzene rings is 2. The van der Waals surface area contributed by atoms with Crippen molar-refractivity contribution in [3.63, 3.8) is 0 Å². The zero-order valence-electron chi connectivity index (χ0n) is 14.4. The normalized spacial score (nSPS) is 11.9. The molecule has 4 nitrogen and oxygen atoms in total. The second-order valence-electron chi connectivity index (χ2n) is 6.15. The van der Waals surface area contributed by atoms with Crippen LogP contribution in [0.25, 0.3) is 34.1 Å². The van der Waals surface area contributed by atoms with Crippen LogP contribution in [0.3, 0.4) is 0 Å². The van der Waals surface area contributed by atoms with Gasteiger partial charge in [0.1, 0.15) is 22.7 Å². The molecule has 0 amide bonds. The number of carbonyl (C=O) groups excluding carboxylic acids is 2. The molecule has 0 atom stereocenters. The molecule has 0 bridgehead atoms. The predicted octanol–water partition coefficient (Wildman–Crippen LogP) is 5.43. The largest absolute Gasteiger partial charge is 0.457 e. The van der Waals surface area contributed by atoms with Crippen molar-refractivity contribution in [3.05, 3.63) is 84.3 Å². The molecule has 4 heteroatoms. The van der Waals surface area contributed by atoms with Gasteiger partial charge in [-0.1, -0.05) is 36.4 Å². The minimum atomic E-state index is -0.283. The summed E-state index contributed by atoms with van der Waals surface area (Å²) >= 11 is 0. The average Bonchev–Trinajstić information content (AvgIpc) is 3.27. The van der Waals surface area contributed by atoms with Crippen molar-refractivity contribution < 1.29 is 18.4 Å². The molecule has 0 unspecified atom stereocenters. The van der Waals surface area contributed by atoms with E-state index in [1.807, 2.05) is 60.7 Å². The van der Waals surface area contributed by atoms with Gasteiger partial charge in [-0.05, 0) is 48.6 Å². The number of furan rings is 2. The Morgan fingerprint density at radius 3 is 1.59 bits per heavy atom. The molecule has 0 saturated heterocycles. The summed E-state index contributed by atoms with van der Waals surface area (Å²) in [5.41, 5.74) is 1.52. The van der Waals surface area contributed by atoms with E-state index in [4.69, 9.17) is 8.83 Å². The lowest BCUT2D eigenvalue weighted by molar-refractivity contribution is -0.121. The van der Waals surface area contributed by atoms with E-state index in [9.17, 15) is 9.59 Å². The Morgan fingerprint density at radius 1 is 0.704 bits per heavy atom. The van der Waals surface area contributed by atoms with Crippen LogP contribution < -0.4 is 0 Å². The molecule has 0 aliphatic heterocycles. The zero-order chi connectivity index (χ0) is 18.6. The molecule has 0 saturated carbocycles. The quantitative estimate of drug-likeness (QED) is 0.341. The monoisotopic (exact) mass is 356 g/mol. The number of allylic oxidation sites excluding steroid dienone is 2. The van der Waals surface area contributed by atoms with E-state index >= 15 is 0 Å². The van der Waals surface area contributed by atoms with Crippen LogP contribution in [0.1, 0.15) is 17.9 Å². The van der Waals surface area contributed by atoms with Crippen molar-refractivity contribution >= 4 is 45.7 Å². The molecule has 0 fully saturated rings. The second-order valence-corrected chi connectivity index (χ2v) is 6.15. The number of rotatable bonds is 6. The SMILES string of the molecule is O=C(/C=C/c1cc2ccccc2o1)CC(=O)/C=C/c1cc2ccccc2o1. The second kappa shape index (κ2) is 7.30.